The molecule has 1 N–H and O–H groups in total. The van der Waals surface area contributed by atoms with Gasteiger partial charge in [-0.1, -0.05) is 20.8 Å². The van der Waals surface area contributed by atoms with Gasteiger partial charge in [0.1, 0.15) is 0 Å². The predicted molar refractivity (Wildman–Crippen MR) is 108 cm³/mol. The molecule has 0 aromatic rings. The zero-order valence-corrected chi connectivity index (χ0v) is 17.6. The van der Waals surface area contributed by atoms with Crippen molar-refractivity contribution in [3.05, 3.63) is 0 Å². The summed E-state index contributed by atoms with van der Waals surface area (Å²) in [7, 11) is 0. The van der Waals surface area contributed by atoms with E-state index in [2.05, 4.69) is 32.6 Å². The molecule has 4 rings (SSSR count). The number of aliphatic hydroxyl groups excluding tert-OH is 1. The molecule has 1 nitrogen and oxygen atoms in total. The van der Waals surface area contributed by atoms with E-state index in [1.54, 1.807) is 0 Å². The highest BCUT2D eigenvalue weighted by Crippen LogP contribution is 2.68. The summed E-state index contributed by atoms with van der Waals surface area (Å²) in [6.45, 7) is 9.71. The first-order chi connectivity index (χ1) is 12.4. The van der Waals surface area contributed by atoms with Crippen molar-refractivity contribution in [1.82, 2.24) is 0 Å². The van der Waals surface area contributed by atoms with Gasteiger partial charge in [0.25, 0.3) is 0 Å². The quantitative estimate of drug-likeness (QED) is 0.597. The van der Waals surface area contributed by atoms with E-state index in [4.69, 9.17) is 0 Å². The van der Waals surface area contributed by atoms with Gasteiger partial charge >= 0.3 is 0 Å². The number of rotatable bonds is 2. The van der Waals surface area contributed by atoms with Crippen LogP contribution in [0.15, 0.2) is 0 Å². The summed E-state index contributed by atoms with van der Waals surface area (Å²) in [5, 5.41) is 10.2. The topological polar surface area (TPSA) is 20.2 Å². The molecule has 0 bridgehead atoms. The molecule has 4 aliphatic rings. The second-order valence-electron chi connectivity index (χ2n) is 10.9. The van der Waals surface area contributed by atoms with Crippen LogP contribution < -0.4 is 0 Å². The largest absolute Gasteiger partial charge is 0.393 e. The van der Waals surface area contributed by atoms with Crippen molar-refractivity contribution < 1.29 is 5.11 Å². The van der Waals surface area contributed by atoms with Gasteiger partial charge < -0.3 is 5.11 Å². The Kier molecular flexibility index (Phi) is 4.97. The fraction of sp³-hybridized carbons (Fsp3) is 0.920. The highest BCUT2D eigenvalue weighted by molar-refractivity contribution is 5.10. The lowest BCUT2D eigenvalue weighted by Gasteiger charge is -2.61. The highest BCUT2D eigenvalue weighted by Gasteiger charge is 2.60. The zero-order chi connectivity index (χ0) is 18.5. The van der Waals surface area contributed by atoms with Crippen LogP contribution in [0, 0.1) is 58.2 Å². The number of hydrogen-bond acceptors (Lipinski definition) is 1. The van der Waals surface area contributed by atoms with Crippen molar-refractivity contribution in [3.63, 3.8) is 0 Å². The summed E-state index contributed by atoms with van der Waals surface area (Å²) < 4.78 is 0. The second kappa shape index (κ2) is 6.84. The van der Waals surface area contributed by atoms with E-state index in [0.29, 0.717) is 10.8 Å². The fourth-order valence-corrected chi connectivity index (χ4v) is 8.62. The minimum atomic E-state index is -0.0186. The molecule has 0 saturated heterocycles. The molecule has 0 spiro atoms. The maximum absolute atomic E-state index is 10.2. The summed E-state index contributed by atoms with van der Waals surface area (Å²) in [5.74, 6) is 11.7. The van der Waals surface area contributed by atoms with Crippen molar-refractivity contribution >= 4 is 0 Å². The summed E-state index contributed by atoms with van der Waals surface area (Å²) in [5.41, 5.74) is 1.08. The summed E-state index contributed by atoms with van der Waals surface area (Å²) >= 11 is 0. The molecular weight excluding hydrogens is 316 g/mol. The smallest absolute Gasteiger partial charge is 0.0543 e. The highest BCUT2D eigenvalue weighted by atomic mass is 16.3. The van der Waals surface area contributed by atoms with Crippen LogP contribution in [0.25, 0.3) is 0 Å². The third-order valence-electron chi connectivity index (χ3n) is 10.00. The fourth-order valence-electron chi connectivity index (χ4n) is 8.62. The lowest BCUT2D eigenvalue weighted by molar-refractivity contribution is -0.129. The molecule has 0 amide bonds. The average Bonchev–Trinajstić information content (AvgIpc) is 2.97. The molecule has 0 radical (unpaired) electrons. The van der Waals surface area contributed by atoms with Crippen LogP contribution in [-0.4, -0.2) is 11.2 Å². The zero-order valence-electron chi connectivity index (χ0n) is 17.6. The Bertz CT molecular complexity index is 585. The van der Waals surface area contributed by atoms with Crippen LogP contribution in [0.3, 0.4) is 0 Å². The molecule has 26 heavy (non-hydrogen) atoms. The third kappa shape index (κ3) is 2.78. The van der Waals surface area contributed by atoms with Gasteiger partial charge in [0, 0.05) is 6.42 Å². The Morgan fingerprint density at radius 3 is 2.46 bits per heavy atom. The van der Waals surface area contributed by atoms with Crippen molar-refractivity contribution in [2.24, 2.45) is 46.3 Å². The van der Waals surface area contributed by atoms with Crippen molar-refractivity contribution in [1.29, 1.82) is 0 Å². The maximum Gasteiger partial charge on any atom is 0.0543 e. The Hall–Kier alpha value is -0.480. The van der Waals surface area contributed by atoms with Gasteiger partial charge in [-0.05, 0) is 111 Å². The molecule has 146 valence electrons. The first kappa shape index (κ1) is 18.9. The van der Waals surface area contributed by atoms with E-state index >= 15 is 0 Å². The molecule has 1 heteroatoms. The van der Waals surface area contributed by atoms with Crippen LogP contribution in [0.2, 0.25) is 0 Å². The standard InChI is InChI=1S/C25H40O/c1-5-6-7-17(2)21-10-11-22-20-9-8-18-16-19(26)12-14-24(18,3)23(20)13-15-25(21,22)4/h17-23,26H,7-16H2,1-4H3/t17-,18-,19+,20?,21?,22?,23?,24+,25-/m1/s1. The van der Waals surface area contributed by atoms with Gasteiger partial charge in [-0.25, -0.2) is 0 Å². The van der Waals surface area contributed by atoms with E-state index in [-0.39, 0.29) is 6.10 Å². The summed E-state index contributed by atoms with van der Waals surface area (Å²) in [6.07, 6.45) is 13.1. The monoisotopic (exact) mass is 356 g/mol. The number of hydrogen-bond donors (Lipinski definition) is 1. The second-order valence-corrected chi connectivity index (χ2v) is 10.9. The minimum Gasteiger partial charge on any atom is -0.393 e. The van der Waals surface area contributed by atoms with Gasteiger partial charge in [-0.2, -0.15) is 0 Å². The minimum absolute atomic E-state index is 0.0186. The molecule has 4 aliphatic carbocycles. The van der Waals surface area contributed by atoms with Crippen LogP contribution >= 0.6 is 0 Å². The van der Waals surface area contributed by atoms with E-state index < -0.39 is 0 Å². The molecule has 9 atom stereocenters. The summed E-state index contributed by atoms with van der Waals surface area (Å²) in [6, 6.07) is 0. The first-order valence-corrected chi connectivity index (χ1v) is 11.5. The molecule has 0 heterocycles. The number of aliphatic hydroxyl groups is 1. The Labute approximate surface area is 161 Å². The lowest BCUT2D eigenvalue weighted by atomic mass is 9.44. The van der Waals surface area contributed by atoms with Gasteiger partial charge in [0.05, 0.1) is 6.10 Å². The lowest BCUT2D eigenvalue weighted by Crippen LogP contribution is -2.54. The summed E-state index contributed by atoms with van der Waals surface area (Å²) in [4.78, 5) is 0. The maximum atomic E-state index is 10.2. The molecule has 0 aromatic heterocycles. The van der Waals surface area contributed by atoms with Gasteiger partial charge in [-0.15, -0.1) is 11.8 Å². The molecular formula is C25H40O. The molecule has 4 fully saturated rings. The van der Waals surface area contributed by atoms with E-state index in [1.807, 2.05) is 6.92 Å². The Morgan fingerprint density at radius 2 is 1.69 bits per heavy atom. The molecule has 0 aliphatic heterocycles. The van der Waals surface area contributed by atoms with Gasteiger partial charge in [-0.3, -0.25) is 0 Å². The van der Waals surface area contributed by atoms with Crippen molar-refractivity contribution in [2.75, 3.05) is 0 Å². The third-order valence-corrected chi connectivity index (χ3v) is 10.00. The van der Waals surface area contributed by atoms with E-state index in [9.17, 15) is 5.11 Å². The average molecular weight is 357 g/mol. The van der Waals surface area contributed by atoms with Crippen molar-refractivity contribution in [3.8, 4) is 11.8 Å². The van der Waals surface area contributed by atoms with Crippen LogP contribution in [0.1, 0.15) is 91.9 Å². The van der Waals surface area contributed by atoms with Crippen molar-refractivity contribution in [2.45, 2.75) is 98.0 Å². The van der Waals surface area contributed by atoms with Gasteiger partial charge in [0.15, 0.2) is 0 Å². The first-order valence-electron chi connectivity index (χ1n) is 11.5. The SMILES string of the molecule is CC#CC[C@@H](C)C1CCC2C3CC[C@@H]4C[C@@H](O)CC[C@]4(C)C3CC[C@@]21C. The van der Waals surface area contributed by atoms with E-state index in [1.165, 1.54) is 44.9 Å². The normalized spacial score (nSPS) is 51.4. The Morgan fingerprint density at radius 1 is 0.962 bits per heavy atom. The predicted octanol–water partition coefficient (Wildman–Crippen LogP) is 6.06. The van der Waals surface area contributed by atoms with Gasteiger partial charge in [0.2, 0.25) is 0 Å². The van der Waals surface area contributed by atoms with E-state index in [0.717, 1.165) is 54.8 Å². The molecule has 4 unspecified atom stereocenters. The molecule has 4 saturated carbocycles. The molecule has 0 aromatic carbocycles. The number of fused-ring (bicyclic) bond motifs is 5. The van der Waals surface area contributed by atoms with Crippen LogP contribution in [0.5, 0.6) is 0 Å². The Balaban J connectivity index is 1.55. The van der Waals surface area contributed by atoms with Crippen LogP contribution in [0.4, 0.5) is 0 Å². The van der Waals surface area contributed by atoms with Crippen LogP contribution in [-0.2, 0) is 0 Å².